The summed E-state index contributed by atoms with van der Waals surface area (Å²) >= 11 is 1.44. The van der Waals surface area contributed by atoms with Crippen LogP contribution in [-0.2, 0) is 19.1 Å². The molecule has 270 valence electrons. The van der Waals surface area contributed by atoms with Gasteiger partial charge in [0.15, 0.2) is 0 Å². The number of carbonyl (C=O) groups is 2. The minimum Gasteiger partial charge on any atom is -0.457 e. The lowest BCUT2D eigenvalue weighted by molar-refractivity contribution is -0.146. The quantitative estimate of drug-likeness (QED) is 0.0436. The first-order chi connectivity index (χ1) is 26.4. The second-order valence-electron chi connectivity index (χ2n) is 13.2. The predicted octanol–water partition coefficient (Wildman–Crippen LogP) is 7.53. The van der Waals surface area contributed by atoms with Crippen molar-refractivity contribution in [3.63, 3.8) is 0 Å². The van der Waals surface area contributed by atoms with E-state index in [-0.39, 0.29) is 24.5 Å². The van der Waals surface area contributed by atoms with Crippen molar-refractivity contribution >= 4 is 51.9 Å². The molecule has 2 atom stereocenters. The number of hydrogen-bond acceptors (Lipinski definition) is 5. The molecule has 0 radical (unpaired) electrons. The number of aliphatic hydroxyl groups is 1. The van der Waals surface area contributed by atoms with Gasteiger partial charge in [-0.15, -0.1) is 11.8 Å². The minimum absolute atomic E-state index is 0.0296. The van der Waals surface area contributed by atoms with Gasteiger partial charge in [-0.3, -0.25) is 4.79 Å². The SMILES string of the molecule is C=CCOC(=O)C(N1C[C@](SC(c2ccccc2)(c2ccccc2)c2ccccc2)([C@@H](C)O)C1=O)=P(c1ccccc1)(c1ccccc1)c1ccccc1. The monoisotopic (exact) mass is 747 g/mol. The van der Waals surface area contributed by atoms with Gasteiger partial charge in [0.2, 0.25) is 5.91 Å². The first kappa shape index (κ1) is 36.9. The number of likely N-dealkylation sites (tertiary alicyclic amines) is 1. The molecule has 5 nitrogen and oxygen atoms in total. The van der Waals surface area contributed by atoms with E-state index in [0.717, 1.165) is 32.6 Å². The molecule has 0 unspecified atom stereocenters. The van der Waals surface area contributed by atoms with Gasteiger partial charge in [0.1, 0.15) is 16.8 Å². The largest absolute Gasteiger partial charge is 0.457 e. The molecule has 0 bridgehead atoms. The third kappa shape index (κ3) is 6.35. The third-order valence-corrected chi connectivity index (χ3v) is 16.4. The molecule has 1 aliphatic rings. The summed E-state index contributed by atoms with van der Waals surface area (Å²) in [5.74, 6) is -0.954. The van der Waals surface area contributed by atoms with Crippen LogP contribution in [0.1, 0.15) is 23.6 Å². The van der Waals surface area contributed by atoms with Crippen LogP contribution < -0.4 is 15.9 Å². The van der Waals surface area contributed by atoms with Crippen molar-refractivity contribution < 1.29 is 19.4 Å². The van der Waals surface area contributed by atoms with Crippen molar-refractivity contribution in [1.82, 2.24) is 4.90 Å². The Morgan fingerprint density at radius 3 is 1.39 bits per heavy atom. The standard InChI is InChI=1S/C47H42NO4PS/c1-3-34-52-44(50)43(53(40-28-16-7-17-29-40,41-30-18-8-19-31-41)42-32-20-9-21-33-42)48-35-46(36(2)49,45(48)51)54-47(37-22-10-4-11-23-37,38-24-12-5-13-25-38)39-26-14-6-15-27-39/h3-33,36,49H,1,34-35H2,2H3/t36-,46+/m1/s1. The highest BCUT2D eigenvalue weighted by Gasteiger charge is 2.63. The van der Waals surface area contributed by atoms with Crippen LogP contribution in [-0.4, -0.2) is 51.3 Å². The zero-order valence-corrected chi connectivity index (χ0v) is 31.8. The molecule has 0 spiro atoms. The van der Waals surface area contributed by atoms with Crippen molar-refractivity contribution in [2.75, 3.05) is 13.2 Å². The van der Waals surface area contributed by atoms with E-state index in [0.29, 0.717) is 0 Å². The Kier molecular flexibility index (Phi) is 10.9. The Morgan fingerprint density at radius 1 is 0.722 bits per heavy atom. The van der Waals surface area contributed by atoms with Gasteiger partial charge in [-0.2, -0.15) is 0 Å². The molecule has 1 saturated heterocycles. The lowest BCUT2D eigenvalue weighted by Crippen LogP contribution is -2.73. The molecule has 1 amide bonds. The first-order valence-corrected chi connectivity index (χ1v) is 20.6. The van der Waals surface area contributed by atoms with Crippen LogP contribution >= 0.6 is 18.6 Å². The molecule has 7 rings (SSSR count). The zero-order valence-electron chi connectivity index (χ0n) is 30.1. The highest BCUT2D eigenvalue weighted by atomic mass is 32.2. The number of carbonyl (C=O) groups excluding carboxylic acids is 2. The molecular formula is C47H42NO4PS. The summed E-state index contributed by atoms with van der Waals surface area (Å²) in [4.78, 5) is 32.0. The van der Waals surface area contributed by atoms with Crippen molar-refractivity contribution in [3.8, 4) is 0 Å². The molecule has 1 heterocycles. The van der Waals surface area contributed by atoms with Crippen LogP contribution in [0, 0.1) is 0 Å². The number of benzene rings is 6. The van der Waals surface area contributed by atoms with E-state index >= 15 is 4.79 Å². The number of nitrogens with zero attached hydrogens (tertiary/aromatic N) is 1. The van der Waals surface area contributed by atoms with Crippen molar-refractivity contribution in [2.24, 2.45) is 0 Å². The number of aliphatic hydroxyl groups excluding tert-OH is 1. The van der Waals surface area contributed by atoms with Gasteiger partial charge < -0.3 is 14.7 Å². The van der Waals surface area contributed by atoms with Crippen LogP contribution in [0.25, 0.3) is 0 Å². The van der Waals surface area contributed by atoms with Gasteiger partial charge in [-0.25, -0.2) is 4.79 Å². The van der Waals surface area contributed by atoms with E-state index in [1.54, 1.807) is 11.8 Å². The number of thioether (sulfide) groups is 1. The average Bonchev–Trinajstić information content (AvgIpc) is 3.24. The number of ether oxygens (including phenoxy) is 1. The third-order valence-electron chi connectivity index (χ3n) is 10.1. The lowest BCUT2D eigenvalue weighted by Gasteiger charge is -2.55. The van der Waals surface area contributed by atoms with Gasteiger partial charge in [-0.1, -0.05) is 195 Å². The molecule has 0 aliphatic carbocycles. The number of rotatable bonds is 13. The van der Waals surface area contributed by atoms with E-state index in [4.69, 9.17) is 4.74 Å². The second-order valence-corrected chi connectivity index (χ2v) is 18.1. The van der Waals surface area contributed by atoms with Crippen LogP contribution in [0.15, 0.2) is 195 Å². The Bertz CT molecular complexity index is 2070. The predicted molar refractivity (Wildman–Crippen MR) is 224 cm³/mol. The fraction of sp³-hybridized carbons (Fsp3) is 0.128. The van der Waals surface area contributed by atoms with Gasteiger partial charge in [-0.05, 0) is 39.5 Å². The molecule has 0 aromatic heterocycles. The lowest BCUT2D eigenvalue weighted by atomic mass is 9.84. The van der Waals surface area contributed by atoms with E-state index in [1.165, 1.54) is 17.8 Å². The van der Waals surface area contributed by atoms with E-state index in [2.05, 4.69) is 43.0 Å². The van der Waals surface area contributed by atoms with Gasteiger partial charge in [0.05, 0.1) is 17.4 Å². The summed E-state index contributed by atoms with van der Waals surface area (Å²) in [6, 6.07) is 60.2. The molecule has 0 saturated carbocycles. The summed E-state index contributed by atoms with van der Waals surface area (Å²) in [7, 11) is 0. The van der Waals surface area contributed by atoms with Crippen molar-refractivity contribution in [3.05, 3.63) is 211 Å². The summed E-state index contributed by atoms with van der Waals surface area (Å²) in [5, 5.41) is 14.6. The minimum atomic E-state index is -3.11. The van der Waals surface area contributed by atoms with Crippen molar-refractivity contribution in [2.45, 2.75) is 22.5 Å². The highest BCUT2D eigenvalue weighted by molar-refractivity contribution is 8.03. The Hall–Kier alpha value is -5.39. The number of β-lactam (4-membered cyclic amide) rings is 1. The van der Waals surface area contributed by atoms with E-state index < -0.39 is 28.5 Å². The Labute approximate surface area is 321 Å². The summed E-state index contributed by atoms with van der Waals surface area (Å²) in [5.41, 5.74) is 3.16. The van der Waals surface area contributed by atoms with E-state index in [9.17, 15) is 9.90 Å². The fourth-order valence-corrected chi connectivity index (χ4v) is 13.7. The summed E-state index contributed by atoms with van der Waals surface area (Å²) in [6.45, 7) is 2.41. The topological polar surface area (TPSA) is 66.8 Å². The normalized spacial score (nSPS) is 16.2. The van der Waals surface area contributed by atoms with Crippen LogP contribution in [0.5, 0.6) is 0 Å². The number of amides is 1. The van der Waals surface area contributed by atoms with Crippen LogP contribution in [0.4, 0.5) is 0 Å². The molecule has 6 aromatic carbocycles. The molecule has 54 heavy (non-hydrogen) atoms. The van der Waals surface area contributed by atoms with Gasteiger partial charge in [0.25, 0.3) is 0 Å². The maximum Gasteiger partial charge on any atom is 0.356 e. The Balaban J connectivity index is 1.52. The maximum atomic E-state index is 15.6. The van der Waals surface area contributed by atoms with E-state index in [1.807, 2.05) is 146 Å². The Morgan fingerprint density at radius 2 is 1.07 bits per heavy atom. The van der Waals surface area contributed by atoms with Gasteiger partial charge in [0, 0.05) is 6.89 Å². The average molecular weight is 748 g/mol. The highest BCUT2D eigenvalue weighted by Crippen LogP contribution is 2.58. The molecule has 1 N–H and O–H groups in total. The zero-order chi connectivity index (χ0) is 37.6. The van der Waals surface area contributed by atoms with Crippen LogP contribution in [0.2, 0.25) is 0 Å². The van der Waals surface area contributed by atoms with Crippen LogP contribution in [0.3, 0.4) is 0 Å². The number of hydrogen-bond donors (Lipinski definition) is 1. The molecule has 6 aromatic rings. The summed E-state index contributed by atoms with van der Waals surface area (Å²) < 4.78 is 3.67. The van der Waals surface area contributed by atoms with Gasteiger partial charge >= 0.3 is 5.97 Å². The first-order valence-electron chi connectivity index (χ1n) is 18.0. The maximum absolute atomic E-state index is 15.6. The molecular weight excluding hydrogens is 706 g/mol. The second kappa shape index (κ2) is 15.9. The number of esters is 1. The molecule has 1 fully saturated rings. The molecule has 7 heteroatoms. The smallest absolute Gasteiger partial charge is 0.356 e. The fourth-order valence-electron chi connectivity index (χ4n) is 7.52. The summed E-state index contributed by atoms with van der Waals surface area (Å²) in [6.07, 6.45) is 0.440. The van der Waals surface area contributed by atoms with Crippen molar-refractivity contribution in [1.29, 1.82) is 0 Å². The molecule has 1 aliphatic heterocycles.